The Hall–Kier alpha value is -1.02. The molecule has 0 radical (unpaired) electrons. The van der Waals surface area contributed by atoms with Gasteiger partial charge in [0.15, 0.2) is 0 Å². The molecule has 0 heterocycles. The van der Waals surface area contributed by atoms with Crippen LogP contribution in [0.2, 0.25) is 0 Å². The Labute approximate surface area is 104 Å². The number of hydrogen-bond acceptors (Lipinski definition) is 2. The van der Waals surface area contributed by atoms with Gasteiger partial charge in [0.25, 0.3) is 0 Å². The Balaban J connectivity index is 2.11. The zero-order valence-corrected chi connectivity index (χ0v) is 11.1. The van der Waals surface area contributed by atoms with Crippen molar-refractivity contribution in [2.45, 2.75) is 58.1 Å². The van der Waals surface area contributed by atoms with Crippen molar-refractivity contribution in [3.63, 3.8) is 0 Å². The summed E-state index contributed by atoms with van der Waals surface area (Å²) in [5.74, 6) is 1.58. The van der Waals surface area contributed by atoms with Gasteiger partial charge >= 0.3 is 0 Å². The molecule has 94 valence electrons. The average molecular weight is 233 g/mol. The van der Waals surface area contributed by atoms with E-state index in [-0.39, 0.29) is 0 Å². The summed E-state index contributed by atoms with van der Waals surface area (Å²) in [5, 5.41) is 0. The zero-order valence-electron chi connectivity index (χ0n) is 11.1. The van der Waals surface area contributed by atoms with Crippen LogP contribution >= 0.6 is 0 Å². The van der Waals surface area contributed by atoms with Gasteiger partial charge in [-0.15, -0.1) is 0 Å². The van der Waals surface area contributed by atoms with Crippen LogP contribution in [-0.2, 0) is 0 Å². The van der Waals surface area contributed by atoms with E-state index in [4.69, 9.17) is 10.5 Å². The molecule has 0 saturated heterocycles. The molecule has 0 amide bonds. The molecule has 2 heteroatoms. The highest BCUT2D eigenvalue weighted by molar-refractivity contribution is 5.38. The van der Waals surface area contributed by atoms with E-state index in [1.165, 1.54) is 11.1 Å². The third-order valence-electron chi connectivity index (χ3n) is 3.60. The summed E-state index contributed by atoms with van der Waals surface area (Å²) in [6, 6.07) is 6.85. The lowest BCUT2D eigenvalue weighted by Gasteiger charge is -2.17. The first-order chi connectivity index (χ1) is 8.06. The highest BCUT2D eigenvalue weighted by atomic mass is 16.5. The van der Waals surface area contributed by atoms with Crippen molar-refractivity contribution in [3.8, 4) is 5.75 Å². The maximum atomic E-state index is 6.09. The largest absolute Gasteiger partial charge is 0.490 e. The van der Waals surface area contributed by atoms with E-state index >= 15 is 0 Å². The quantitative estimate of drug-likeness (QED) is 0.868. The van der Waals surface area contributed by atoms with Gasteiger partial charge in [0, 0.05) is 6.04 Å². The Bertz CT molecular complexity index is 387. The van der Waals surface area contributed by atoms with E-state index in [9.17, 15) is 0 Å². The predicted octanol–water partition coefficient (Wildman–Crippen LogP) is 3.38. The molecule has 0 aromatic heterocycles. The number of nitrogens with two attached hydrogens (primary N) is 1. The Morgan fingerprint density at radius 2 is 2.06 bits per heavy atom. The zero-order chi connectivity index (χ0) is 12.4. The fourth-order valence-electron chi connectivity index (χ4n) is 2.36. The molecule has 1 fully saturated rings. The lowest BCUT2D eigenvalue weighted by atomic mass is 10.0. The minimum Gasteiger partial charge on any atom is -0.490 e. The highest BCUT2D eigenvalue weighted by Crippen LogP contribution is 2.28. The smallest absolute Gasteiger partial charge is 0.122 e. The molecule has 0 bridgehead atoms. The number of ether oxygens (including phenoxy) is 1. The molecule has 17 heavy (non-hydrogen) atoms. The van der Waals surface area contributed by atoms with Crippen LogP contribution in [0.3, 0.4) is 0 Å². The van der Waals surface area contributed by atoms with E-state index in [0.717, 1.165) is 25.0 Å². The second-order valence-corrected chi connectivity index (χ2v) is 5.49. The maximum absolute atomic E-state index is 6.09. The molecular weight excluding hydrogens is 210 g/mol. The van der Waals surface area contributed by atoms with E-state index < -0.39 is 0 Å². The summed E-state index contributed by atoms with van der Waals surface area (Å²) >= 11 is 0. The van der Waals surface area contributed by atoms with Gasteiger partial charge in [-0.05, 0) is 49.3 Å². The monoisotopic (exact) mass is 233 g/mol. The van der Waals surface area contributed by atoms with E-state index in [1.807, 2.05) is 0 Å². The maximum Gasteiger partial charge on any atom is 0.122 e. The Morgan fingerprint density at radius 3 is 2.65 bits per heavy atom. The van der Waals surface area contributed by atoms with Crippen molar-refractivity contribution in [1.82, 2.24) is 0 Å². The SMILES string of the molecule is Cc1ccc(C(C)C)cc1OC1CCC(N)C1. The Morgan fingerprint density at radius 1 is 1.29 bits per heavy atom. The van der Waals surface area contributed by atoms with Crippen molar-refractivity contribution in [2.24, 2.45) is 5.73 Å². The summed E-state index contributed by atoms with van der Waals surface area (Å²) in [6.45, 7) is 6.52. The lowest BCUT2D eigenvalue weighted by molar-refractivity contribution is 0.206. The third kappa shape index (κ3) is 3.01. The summed E-state index contributed by atoms with van der Waals surface area (Å²) in [7, 11) is 0. The number of benzene rings is 1. The fourth-order valence-corrected chi connectivity index (χ4v) is 2.36. The van der Waals surface area contributed by atoms with Crippen LogP contribution in [0.25, 0.3) is 0 Å². The highest BCUT2D eigenvalue weighted by Gasteiger charge is 2.23. The molecule has 1 aliphatic rings. The van der Waals surface area contributed by atoms with Crippen molar-refractivity contribution in [2.75, 3.05) is 0 Å². The van der Waals surface area contributed by atoms with E-state index in [1.54, 1.807) is 0 Å². The van der Waals surface area contributed by atoms with Crippen molar-refractivity contribution < 1.29 is 4.74 Å². The number of aryl methyl sites for hydroxylation is 1. The summed E-state index contributed by atoms with van der Waals surface area (Å²) in [4.78, 5) is 0. The Kier molecular flexibility index (Phi) is 3.72. The topological polar surface area (TPSA) is 35.2 Å². The molecule has 1 saturated carbocycles. The molecule has 2 unspecified atom stereocenters. The van der Waals surface area contributed by atoms with Gasteiger partial charge in [-0.25, -0.2) is 0 Å². The second kappa shape index (κ2) is 5.09. The first-order valence-electron chi connectivity index (χ1n) is 6.59. The number of hydrogen-bond donors (Lipinski definition) is 1. The van der Waals surface area contributed by atoms with Crippen molar-refractivity contribution >= 4 is 0 Å². The summed E-state index contributed by atoms with van der Waals surface area (Å²) < 4.78 is 6.09. The molecular formula is C15H23NO. The molecule has 2 nitrogen and oxygen atoms in total. The number of rotatable bonds is 3. The lowest BCUT2D eigenvalue weighted by Crippen LogP contribution is -2.19. The van der Waals surface area contributed by atoms with E-state index in [2.05, 4.69) is 39.0 Å². The van der Waals surface area contributed by atoms with Crippen LogP contribution in [0.4, 0.5) is 0 Å². The molecule has 0 spiro atoms. The molecule has 0 aliphatic heterocycles. The van der Waals surface area contributed by atoms with Crippen molar-refractivity contribution in [3.05, 3.63) is 29.3 Å². The standard InChI is InChI=1S/C15H23NO/c1-10(2)12-5-4-11(3)15(8-12)17-14-7-6-13(16)9-14/h4-5,8,10,13-14H,6-7,9,16H2,1-3H3. The van der Waals surface area contributed by atoms with Gasteiger partial charge in [-0.2, -0.15) is 0 Å². The normalized spacial score (nSPS) is 24.3. The van der Waals surface area contributed by atoms with Crippen LogP contribution in [0.5, 0.6) is 5.75 Å². The van der Waals surface area contributed by atoms with Gasteiger partial charge < -0.3 is 10.5 Å². The first-order valence-corrected chi connectivity index (χ1v) is 6.59. The van der Waals surface area contributed by atoms with Gasteiger partial charge in [0.2, 0.25) is 0 Å². The predicted molar refractivity (Wildman–Crippen MR) is 71.5 cm³/mol. The minimum atomic E-state index is 0.311. The van der Waals surface area contributed by atoms with Gasteiger partial charge in [-0.3, -0.25) is 0 Å². The van der Waals surface area contributed by atoms with E-state index in [0.29, 0.717) is 18.1 Å². The van der Waals surface area contributed by atoms with Gasteiger partial charge in [0.05, 0.1) is 0 Å². The molecule has 2 N–H and O–H groups in total. The molecule has 1 aromatic rings. The average Bonchev–Trinajstić information content (AvgIpc) is 2.67. The van der Waals surface area contributed by atoms with Crippen LogP contribution in [-0.4, -0.2) is 12.1 Å². The fraction of sp³-hybridized carbons (Fsp3) is 0.600. The summed E-state index contributed by atoms with van der Waals surface area (Å²) in [6.07, 6.45) is 3.48. The molecule has 1 aliphatic carbocycles. The summed E-state index contributed by atoms with van der Waals surface area (Å²) in [5.41, 5.74) is 8.47. The van der Waals surface area contributed by atoms with Crippen molar-refractivity contribution in [1.29, 1.82) is 0 Å². The molecule has 1 aromatic carbocycles. The van der Waals surface area contributed by atoms with Gasteiger partial charge in [0.1, 0.15) is 11.9 Å². The first kappa shape index (κ1) is 12.4. The van der Waals surface area contributed by atoms with Crippen LogP contribution in [0, 0.1) is 6.92 Å². The van der Waals surface area contributed by atoms with Crippen LogP contribution < -0.4 is 10.5 Å². The minimum absolute atomic E-state index is 0.311. The third-order valence-corrected chi connectivity index (χ3v) is 3.60. The molecule has 2 rings (SSSR count). The second-order valence-electron chi connectivity index (χ2n) is 5.49. The van der Waals surface area contributed by atoms with Gasteiger partial charge in [-0.1, -0.05) is 26.0 Å². The van der Waals surface area contributed by atoms with Crippen LogP contribution in [0.15, 0.2) is 18.2 Å². The molecule has 2 atom stereocenters. The van der Waals surface area contributed by atoms with Crippen LogP contribution in [0.1, 0.15) is 50.2 Å².